The van der Waals surface area contributed by atoms with Crippen LogP contribution in [0.15, 0.2) is 24.4 Å². The molecular weight excluding hydrogens is 274 g/mol. The molecule has 22 heavy (non-hydrogen) atoms. The summed E-state index contributed by atoms with van der Waals surface area (Å²) in [6.45, 7) is 7.53. The van der Waals surface area contributed by atoms with E-state index in [1.807, 2.05) is 29.1 Å². The first-order valence-electron chi connectivity index (χ1n) is 8.05. The lowest BCUT2D eigenvalue weighted by atomic mass is 10.0. The van der Waals surface area contributed by atoms with Gasteiger partial charge in [0.15, 0.2) is 5.82 Å². The summed E-state index contributed by atoms with van der Waals surface area (Å²) in [7, 11) is 2.06. The van der Waals surface area contributed by atoms with Gasteiger partial charge in [-0.1, -0.05) is 6.07 Å². The topological polar surface area (TPSA) is 46.0 Å². The molecule has 3 rings (SSSR count). The fourth-order valence-electron chi connectivity index (χ4n) is 3.21. The Morgan fingerprint density at radius 1 is 1.23 bits per heavy atom. The van der Waals surface area contributed by atoms with E-state index in [4.69, 9.17) is 5.10 Å². The van der Waals surface area contributed by atoms with Gasteiger partial charge in [-0.2, -0.15) is 5.10 Å². The summed E-state index contributed by atoms with van der Waals surface area (Å²) in [5.74, 6) is 0.892. The van der Waals surface area contributed by atoms with Crippen LogP contribution in [0.25, 0.3) is 5.82 Å². The van der Waals surface area contributed by atoms with Gasteiger partial charge >= 0.3 is 0 Å². The number of nitrogens with one attached hydrogen (secondary N) is 1. The van der Waals surface area contributed by atoms with Crippen LogP contribution < -0.4 is 5.32 Å². The van der Waals surface area contributed by atoms with E-state index in [0.717, 1.165) is 31.1 Å². The van der Waals surface area contributed by atoms with E-state index >= 15 is 0 Å². The molecule has 0 bridgehead atoms. The van der Waals surface area contributed by atoms with E-state index in [2.05, 4.69) is 36.1 Å². The van der Waals surface area contributed by atoms with Crippen LogP contribution in [0.4, 0.5) is 0 Å². The summed E-state index contributed by atoms with van der Waals surface area (Å²) in [6.07, 6.45) is 4.26. The molecule has 0 unspecified atom stereocenters. The van der Waals surface area contributed by atoms with Gasteiger partial charge in [0.25, 0.3) is 0 Å². The number of hydrogen-bond acceptors (Lipinski definition) is 4. The van der Waals surface area contributed by atoms with E-state index in [0.29, 0.717) is 6.04 Å². The van der Waals surface area contributed by atoms with Crippen LogP contribution >= 0.6 is 0 Å². The number of pyridine rings is 1. The van der Waals surface area contributed by atoms with Gasteiger partial charge in [0.05, 0.1) is 5.69 Å². The zero-order chi connectivity index (χ0) is 15.5. The van der Waals surface area contributed by atoms with E-state index in [9.17, 15) is 0 Å². The van der Waals surface area contributed by atoms with Crippen LogP contribution in [0.5, 0.6) is 0 Å². The maximum atomic E-state index is 4.69. The molecule has 5 heteroatoms. The van der Waals surface area contributed by atoms with Crippen LogP contribution in [-0.2, 0) is 6.54 Å². The molecular formula is C17H25N5. The van der Waals surface area contributed by atoms with Crippen LogP contribution in [0.2, 0.25) is 0 Å². The Bertz CT molecular complexity index is 611. The smallest absolute Gasteiger partial charge is 0.153 e. The highest BCUT2D eigenvalue weighted by Gasteiger charge is 2.21. The van der Waals surface area contributed by atoms with Crippen molar-refractivity contribution in [1.82, 2.24) is 25.0 Å². The second kappa shape index (κ2) is 6.58. The third-order valence-electron chi connectivity index (χ3n) is 4.69. The highest BCUT2D eigenvalue weighted by molar-refractivity contribution is 5.32. The Labute approximate surface area is 132 Å². The summed E-state index contributed by atoms with van der Waals surface area (Å²) < 4.78 is 1.96. The van der Waals surface area contributed by atoms with Crippen LogP contribution in [0.3, 0.4) is 0 Å². The summed E-state index contributed by atoms with van der Waals surface area (Å²) >= 11 is 0. The molecule has 0 atom stereocenters. The number of hydrogen-bond donors (Lipinski definition) is 1. The number of piperidine rings is 1. The first-order valence-corrected chi connectivity index (χ1v) is 8.05. The second-order valence-electron chi connectivity index (χ2n) is 6.09. The number of aromatic nitrogens is 3. The number of likely N-dealkylation sites (tertiary alicyclic amines) is 1. The van der Waals surface area contributed by atoms with E-state index in [1.165, 1.54) is 24.1 Å². The molecule has 0 radical (unpaired) electrons. The summed E-state index contributed by atoms with van der Waals surface area (Å²) in [6, 6.07) is 6.61. The summed E-state index contributed by atoms with van der Waals surface area (Å²) in [5.41, 5.74) is 3.65. The van der Waals surface area contributed by atoms with Crippen molar-refractivity contribution < 1.29 is 0 Å². The number of rotatable bonds is 4. The minimum Gasteiger partial charge on any atom is -0.317 e. The van der Waals surface area contributed by atoms with Gasteiger partial charge in [0.1, 0.15) is 0 Å². The molecule has 1 fully saturated rings. The molecule has 0 spiro atoms. The monoisotopic (exact) mass is 299 g/mol. The Morgan fingerprint density at radius 2 is 2.00 bits per heavy atom. The van der Waals surface area contributed by atoms with Crippen LogP contribution in [-0.4, -0.2) is 45.8 Å². The van der Waals surface area contributed by atoms with Crippen molar-refractivity contribution in [3.05, 3.63) is 41.3 Å². The van der Waals surface area contributed by atoms with Gasteiger partial charge in [-0.15, -0.1) is 0 Å². The molecule has 0 aliphatic carbocycles. The van der Waals surface area contributed by atoms with Crippen LogP contribution in [0.1, 0.15) is 29.8 Å². The third-order valence-corrected chi connectivity index (χ3v) is 4.69. The second-order valence-corrected chi connectivity index (χ2v) is 6.09. The van der Waals surface area contributed by atoms with Crippen molar-refractivity contribution in [2.75, 3.05) is 20.1 Å². The molecule has 2 aromatic heterocycles. The fraction of sp³-hybridized carbons (Fsp3) is 0.529. The van der Waals surface area contributed by atoms with E-state index in [-0.39, 0.29) is 0 Å². The Kier molecular flexibility index (Phi) is 4.55. The molecule has 2 aromatic rings. The molecule has 1 aliphatic rings. The highest BCUT2D eigenvalue weighted by Crippen LogP contribution is 2.20. The van der Waals surface area contributed by atoms with Gasteiger partial charge in [0, 0.05) is 30.0 Å². The summed E-state index contributed by atoms with van der Waals surface area (Å²) in [4.78, 5) is 6.95. The van der Waals surface area contributed by atoms with Gasteiger partial charge in [-0.05, 0) is 59.0 Å². The van der Waals surface area contributed by atoms with Crippen molar-refractivity contribution in [1.29, 1.82) is 0 Å². The molecule has 3 heterocycles. The van der Waals surface area contributed by atoms with Crippen molar-refractivity contribution >= 4 is 0 Å². The molecule has 0 aromatic carbocycles. The first kappa shape index (κ1) is 15.2. The van der Waals surface area contributed by atoms with Gasteiger partial charge in [-0.3, -0.25) is 4.90 Å². The number of aryl methyl sites for hydroxylation is 1. The lowest BCUT2D eigenvalue weighted by molar-refractivity contribution is 0.194. The average Bonchev–Trinajstić information content (AvgIpc) is 2.84. The van der Waals surface area contributed by atoms with Gasteiger partial charge in [0.2, 0.25) is 0 Å². The molecule has 1 saturated heterocycles. The van der Waals surface area contributed by atoms with E-state index < -0.39 is 0 Å². The first-order chi connectivity index (χ1) is 10.7. The maximum Gasteiger partial charge on any atom is 0.153 e. The third kappa shape index (κ3) is 3.05. The summed E-state index contributed by atoms with van der Waals surface area (Å²) in [5, 5.41) is 8.08. The number of nitrogens with zero attached hydrogens (tertiary/aromatic N) is 4. The van der Waals surface area contributed by atoms with Gasteiger partial charge in [-0.25, -0.2) is 9.67 Å². The zero-order valence-corrected chi connectivity index (χ0v) is 13.7. The predicted octanol–water partition coefficient (Wildman–Crippen LogP) is 2.07. The Balaban J connectivity index is 1.76. The molecule has 1 aliphatic heterocycles. The molecule has 1 N–H and O–H groups in total. The zero-order valence-electron chi connectivity index (χ0n) is 13.7. The van der Waals surface area contributed by atoms with Crippen molar-refractivity contribution in [2.24, 2.45) is 0 Å². The maximum absolute atomic E-state index is 4.69. The lowest BCUT2D eigenvalue weighted by Crippen LogP contribution is -2.40. The largest absolute Gasteiger partial charge is 0.317 e. The predicted molar refractivity (Wildman–Crippen MR) is 88.2 cm³/mol. The SMILES string of the molecule is CNC1CCN(Cc2c(C)nn(-c3ccccn3)c2C)CC1. The minimum absolute atomic E-state index is 0.676. The van der Waals surface area contributed by atoms with Crippen molar-refractivity contribution in [3.63, 3.8) is 0 Å². The van der Waals surface area contributed by atoms with E-state index in [1.54, 1.807) is 0 Å². The van der Waals surface area contributed by atoms with Gasteiger partial charge < -0.3 is 5.32 Å². The highest BCUT2D eigenvalue weighted by atomic mass is 15.3. The standard InChI is InChI=1S/C17H25N5/c1-13-16(12-21-10-7-15(18-3)8-11-21)14(2)22(20-13)17-6-4-5-9-19-17/h4-6,9,15,18H,7-8,10-12H2,1-3H3. The lowest BCUT2D eigenvalue weighted by Gasteiger charge is -2.31. The Hall–Kier alpha value is -1.72. The fourth-order valence-corrected chi connectivity index (χ4v) is 3.21. The normalized spacial score (nSPS) is 17.0. The minimum atomic E-state index is 0.676. The molecule has 0 amide bonds. The quantitative estimate of drug-likeness (QED) is 0.939. The van der Waals surface area contributed by atoms with Crippen LogP contribution in [0, 0.1) is 13.8 Å². The van der Waals surface area contributed by atoms with Crippen molar-refractivity contribution in [3.8, 4) is 5.82 Å². The molecule has 118 valence electrons. The molecule has 0 saturated carbocycles. The Morgan fingerprint density at radius 3 is 2.64 bits per heavy atom. The van der Waals surface area contributed by atoms with Crippen molar-refractivity contribution in [2.45, 2.75) is 39.3 Å². The average molecular weight is 299 g/mol. The molecule has 5 nitrogen and oxygen atoms in total.